The molecule has 0 aromatic heterocycles. The Kier molecular flexibility index (Phi) is 6.20. The zero-order valence-electron chi connectivity index (χ0n) is 16.2. The Hall–Kier alpha value is -2.82. The molecule has 30 heavy (non-hydrogen) atoms. The van der Waals surface area contributed by atoms with E-state index in [-0.39, 0.29) is 36.7 Å². The van der Waals surface area contributed by atoms with Crippen molar-refractivity contribution in [3.63, 3.8) is 0 Å². The van der Waals surface area contributed by atoms with E-state index in [1.165, 1.54) is 48.8 Å². The minimum atomic E-state index is -4.20. The number of ketones is 1. The van der Waals surface area contributed by atoms with Crippen molar-refractivity contribution in [2.45, 2.75) is 36.8 Å². The standard InChI is InChI=1S/C20H21FN2O6S/c1-20(19(25)22-26)18(24)3-2-12-23(20)30(27,28)17-10-8-16(9-11-17)29-13-14-4-6-15(21)7-5-14/h4-11,26H,2-3,12-13H2,1H3,(H,22,25)/t20-/m1/s1. The van der Waals surface area contributed by atoms with Crippen LogP contribution in [0.25, 0.3) is 0 Å². The lowest BCUT2D eigenvalue weighted by atomic mass is 9.89. The highest BCUT2D eigenvalue weighted by molar-refractivity contribution is 7.89. The summed E-state index contributed by atoms with van der Waals surface area (Å²) in [5, 5.41) is 9.02. The first kappa shape index (κ1) is 21.9. The Labute approximate surface area is 173 Å². The topological polar surface area (TPSA) is 113 Å². The first-order valence-corrected chi connectivity index (χ1v) is 10.6. The molecule has 1 heterocycles. The van der Waals surface area contributed by atoms with Crippen molar-refractivity contribution in [1.82, 2.24) is 9.79 Å². The lowest BCUT2D eigenvalue weighted by Crippen LogP contribution is -2.65. The van der Waals surface area contributed by atoms with Crippen LogP contribution in [0.2, 0.25) is 0 Å². The Morgan fingerprint density at radius 3 is 2.43 bits per heavy atom. The number of ether oxygens (including phenoxy) is 1. The third-order valence-corrected chi connectivity index (χ3v) is 7.08. The fraction of sp³-hybridized carbons (Fsp3) is 0.300. The molecule has 160 valence electrons. The molecule has 10 heteroatoms. The molecule has 1 amide bonds. The number of halogens is 1. The molecule has 2 aromatic rings. The summed E-state index contributed by atoms with van der Waals surface area (Å²) in [6.07, 6.45) is 0.303. The van der Waals surface area contributed by atoms with E-state index in [1.807, 2.05) is 0 Å². The van der Waals surface area contributed by atoms with Crippen LogP contribution in [0.5, 0.6) is 5.75 Å². The number of rotatable bonds is 6. The summed E-state index contributed by atoms with van der Waals surface area (Å²) in [6, 6.07) is 11.3. The van der Waals surface area contributed by atoms with Gasteiger partial charge in [-0.25, -0.2) is 18.3 Å². The first-order chi connectivity index (χ1) is 14.2. The smallest absolute Gasteiger partial charge is 0.272 e. The normalized spacial score (nSPS) is 20.0. The maximum absolute atomic E-state index is 13.1. The Morgan fingerprint density at radius 2 is 1.83 bits per heavy atom. The SMILES string of the molecule is C[C@]1(C(=O)NO)C(=O)CCCN1S(=O)(=O)c1ccc(OCc2ccc(F)cc2)cc1. The van der Waals surface area contributed by atoms with Gasteiger partial charge in [-0.05, 0) is 55.3 Å². The van der Waals surface area contributed by atoms with E-state index in [9.17, 15) is 22.4 Å². The molecule has 1 aliphatic rings. The molecular formula is C20H21FN2O6S. The molecule has 8 nitrogen and oxygen atoms in total. The fourth-order valence-electron chi connectivity index (χ4n) is 3.28. The number of hydroxylamine groups is 1. The summed E-state index contributed by atoms with van der Waals surface area (Å²) in [5.74, 6) is -1.66. The van der Waals surface area contributed by atoms with Gasteiger partial charge in [0.2, 0.25) is 10.0 Å². The van der Waals surface area contributed by atoms with Crippen molar-refractivity contribution < 1.29 is 32.3 Å². The third-order valence-electron chi connectivity index (χ3n) is 5.08. The molecule has 0 unspecified atom stereocenters. The van der Waals surface area contributed by atoms with Gasteiger partial charge in [0.25, 0.3) is 5.91 Å². The summed E-state index contributed by atoms with van der Waals surface area (Å²) < 4.78 is 45.6. The number of hydrogen-bond donors (Lipinski definition) is 2. The number of carbonyl (C=O) groups excluding carboxylic acids is 2. The van der Waals surface area contributed by atoms with Gasteiger partial charge >= 0.3 is 0 Å². The number of hydrogen-bond acceptors (Lipinski definition) is 6. The lowest BCUT2D eigenvalue weighted by molar-refractivity contribution is -0.148. The molecule has 0 radical (unpaired) electrons. The van der Waals surface area contributed by atoms with E-state index in [4.69, 9.17) is 9.94 Å². The van der Waals surface area contributed by atoms with Gasteiger partial charge < -0.3 is 4.74 Å². The largest absolute Gasteiger partial charge is 0.489 e. The summed E-state index contributed by atoms with van der Waals surface area (Å²) in [4.78, 5) is 24.4. The molecular weight excluding hydrogens is 415 g/mol. The van der Waals surface area contributed by atoms with Gasteiger partial charge in [-0.3, -0.25) is 14.8 Å². The Balaban J connectivity index is 1.81. The minimum Gasteiger partial charge on any atom is -0.489 e. The molecule has 1 aliphatic heterocycles. The van der Waals surface area contributed by atoms with Crippen LogP contribution in [0.3, 0.4) is 0 Å². The fourth-order valence-corrected chi connectivity index (χ4v) is 5.05. The van der Waals surface area contributed by atoms with Gasteiger partial charge in [0, 0.05) is 13.0 Å². The molecule has 1 atom stereocenters. The lowest BCUT2D eigenvalue weighted by Gasteiger charge is -2.40. The molecule has 0 bridgehead atoms. The summed E-state index contributed by atoms with van der Waals surface area (Å²) in [7, 11) is -4.20. The van der Waals surface area contributed by atoms with Crippen LogP contribution in [0.15, 0.2) is 53.4 Å². The molecule has 2 aromatic carbocycles. The van der Waals surface area contributed by atoms with Gasteiger partial charge in [-0.15, -0.1) is 0 Å². The van der Waals surface area contributed by atoms with Crippen molar-refractivity contribution in [3.8, 4) is 5.75 Å². The average Bonchev–Trinajstić information content (AvgIpc) is 2.74. The van der Waals surface area contributed by atoms with Crippen molar-refractivity contribution >= 4 is 21.7 Å². The molecule has 1 fully saturated rings. The number of nitrogens with zero attached hydrogens (tertiary/aromatic N) is 1. The molecule has 0 aliphatic carbocycles. The van der Waals surface area contributed by atoms with Gasteiger partial charge in [-0.1, -0.05) is 12.1 Å². The number of amides is 1. The quantitative estimate of drug-likeness (QED) is 0.407. The second-order valence-electron chi connectivity index (χ2n) is 7.00. The average molecular weight is 436 g/mol. The Bertz CT molecular complexity index is 1030. The Morgan fingerprint density at radius 1 is 1.20 bits per heavy atom. The maximum atomic E-state index is 13.1. The predicted molar refractivity (Wildman–Crippen MR) is 104 cm³/mol. The van der Waals surface area contributed by atoms with E-state index in [1.54, 1.807) is 12.1 Å². The van der Waals surface area contributed by atoms with Gasteiger partial charge in [0.05, 0.1) is 4.90 Å². The summed E-state index contributed by atoms with van der Waals surface area (Å²) in [5.41, 5.74) is 0.0980. The molecule has 0 saturated carbocycles. The van der Waals surface area contributed by atoms with Crippen LogP contribution in [-0.2, 0) is 26.2 Å². The van der Waals surface area contributed by atoms with E-state index in [0.29, 0.717) is 5.75 Å². The zero-order chi connectivity index (χ0) is 21.9. The van der Waals surface area contributed by atoms with Crippen LogP contribution in [-0.4, -0.2) is 41.7 Å². The number of Topliss-reactive ketones (excluding diaryl/α,β-unsaturated/α-hetero) is 1. The molecule has 0 spiro atoms. The monoisotopic (exact) mass is 436 g/mol. The zero-order valence-corrected chi connectivity index (χ0v) is 17.0. The van der Waals surface area contributed by atoms with E-state index in [2.05, 4.69) is 0 Å². The predicted octanol–water partition coefficient (Wildman–Crippen LogP) is 2.02. The van der Waals surface area contributed by atoms with Crippen LogP contribution in [0.4, 0.5) is 4.39 Å². The summed E-state index contributed by atoms with van der Waals surface area (Å²) in [6.45, 7) is 1.31. The number of benzene rings is 2. The molecule has 3 rings (SSSR count). The second-order valence-corrected chi connectivity index (χ2v) is 8.87. The molecule has 2 N–H and O–H groups in total. The molecule has 1 saturated heterocycles. The highest BCUT2D eigenvalue weighted by Gasteiger charge is 2.53. The minimum absolute atomic E-state index is 0.0338. The van der Waals surface area contributed by atoms with Gasteiger partial charge in [0.15, 0.2) is 11.3 Å². The van der Waals surface area contributed by atoms with Crippen LogP contribution in [0, 0.1) is 5.82 Å². The third kappa shape index (κ3) is 4.07. The first-order valence-electron chi connectivity index (χ1n) is 9.17. The van der Waals surface area contributed by atoms with Gasteiger partial charge in [-0.2, -0.15) is 4.31 Å². The highest BCUT2D eigenvalue weighted by atomic mass is 32.2. The van der Waals surface area contributed by atoms with Crippen LogP contribution < -0.4 is 10.2 Å². The summed E-state index contributed by atoms with van der Waals surface area (Å²) >= 11 is 0. The number of carbonyl (C=O) groups is 2. The van der Waals surface area contributed by atoms with E-state index < -0.39 is 27.3 Å². The van der Waals surface area contributed by atoms with E-state index >= 15 is 0 Å². The number of piperidine rings is 1. The van der Waals surface area contributed by atoms with Crippen molar-refractivity contribution in [1.29, 1.82) is 0 Å². The van der Waals surface area contributed by atoms with Crippen molar-refractivity contribution in [2.24, 2.45) is 0 Å². The van der Waals surface area contributed by atoms with Crippen molar-refractivity contribution in [2.75, 3.05) is 6.54 Å². The highest BCUT2D eigenvalue weighted by Crippen LogP contribution is 2.32. The van der Waals surface area contributed by atoms with Crippen molar-refractivity contribution in [3.05, 3.63) is 59.9 Å². The maximum Gasteiger partial charge on any atom is 0.272 e. The number of sulfonamides is 1. The van der Waals surface area contributed by atoms with Gasteiger partial charge in [0.1, 0.15) is 18.2 Å². The second kappa shape index (κ2) is 8.50. The van der Waals surface area contributed by atoms with Crippen LogP contribution >= 0.6 is 0 Å². The number of nitrogens with one attached hydrogen (secondary N) is 1. The van der Waals surface area contributed by atoms with E-state index in [0.717, 1.165) is 9.87 Å². The van der Waals surface area contributed by atoms with Crippen LogP contribution in [0.1, 0.15) is 25.3 Å².